The van der Waals surface area contributed by atoms with Crippen LogP contribution in [0, 0.1) is 5.92 Å². The van der Waals surface area contributed by atoms with Crippen LogP contribution in [-0.4, -0.2) is 24.6 Å². The molecule has 0 amide bonds. The number of hydrogen-bond donors (Lipinski definition) is 0. The number of carbonyl (C=O) groups is 1. The summed E-state index contributed by atoms with van der Waals surface area (Å²) in [4.78, 5) is 12.5. The second-order valence-electron chi connectivity index (χ2n) is 9.32. The highest BCUT2D eigenvalue weighted by atomic mass is 35.5. The van der Waals surface area contributed by atoms with E-state index in [0.717, 1.165) is 25.0 Å². The van der Waals surface area contributed by atoms with E-state index in [2.05, 4.69) is 20.4 Å². The fourth-order valence-electron chi connectivity index (χ4n) is 3.69. The summed E-state index contributed by atoms with van der Waals surface area (Å²) in [7, 11) is 0. The third-order valence-corrected chi connectivity index (χ3v) is 5.91. The highest BCUT2D eigenvalue weighted by molar-refractivity contribution is 6.20. The van der Waals surface area contributed by atoms with Crippen molar-refractivity contribution in [2.45, 2.75) is 77.0 Å². The molecule has 0 aliphatic carbocycles. The molecule has 35 heavy (non-hydrogen) atoms. The lowest BCUT2D eigenvalue weighted by atomic mass is 10.1. The van der Waals surface area contributed by atoms with Gasteiger partial charge in [0.15, 0.2) is 0 Å². The van der Waals surface area contributed by atoms with Crippen LogP contribution < -0.4 is 14.2 Å². The van der Waals surface area contributed by atoms with Gasteiger partial charge in [-0.3, -0.25) is 0 Å². The lowest BCUT2D eigenvalue weighted by Gasteiger charge is -2.13. The van der Waals surface area contributed by atoms with E-state index in [1.54, 1.807) is 36.4 Å². The smallest absolute Gasteiger partial charge is 0.343 e. The summed E-state index contributed by atoms with van der Waals surface area (Å²) in [5.41, 5.74) is 0.479. The van der Waals surface area contributed by atoms with Gasteiger partial charge in [-0.2, -0.15) is 0 Å². The van der Waals surface area contributed by atoms with Crippen molar-refractivity contribution in [1.82, 2.24) is 0 Å². The first-order valence-electron chi connectivity index (χ1n) is 12.9. The molecule has 0 fully saturated rings. The molecule has 0 aromatic heterocycles. The second-order valence-corrected chi connectivity index (χ2v) is 9.94. The summed E-state index contributed by atoms with van der Waals surface area (Å²) in [5.74, 6) is 2.05. The first-order valence-corrected chi connectivity index (χ1v) is 13.3. The SMILES string of the molecule is C=CCCCCCCCCCOc1ccc(C(=O)Oc2ccc(OCC(Cl)CC(C)C)cc2)cc1. The number of allylic oxidation sites excluding steroid dienone is 1. The molecule has 5 heteroatoms. The highest BCUT2D eigenvalue weighted by Crippen LogP contribution is 2.21. The molecule has 0 saturated heterocycles. The van der Waals surface area contributed by atoms with E-state index < -0.39 is 5.97 Å². The van der Waals surface area contributed by atoms with Crippen LogP contribution >= 0.6 is 11.6 Å². The van der Waals surface area contributed by atoms with Gasteiger partial charge >= 0.3 is 5.97 Å². The average molecular weight is 501 g/mol. The number of rotatable bonds is 18. The standard InChI is InChI=1S/C30H41ClO4/c1-4-5-6-7-8-9-10-11-12-21-33-27-15-13-25(14-16-27)30(32)35-29-19-17-28(18-20-29)34-23-26(31)22-24(2)3/h4,13-20,24,26H,1,5-12,21-23H2,2-3H3. The van der Waals surface area contributed by atoms with Gasteiger partial charge in [0, 0.05) is 0 Å². The topological polar surface area (TPSA) is 44.8 Å². The summed E-state index contributed by atoms with van der Waals surface area (Å²) in [6.07, 6.45) is 12.6. The van der Waals surface area contributed by atoms with Crippen molar-refractivity contribution < 1.29 is 19.0 Å². The average Bonchev–Trinajstić information content (AvgIpc) is 2.84. The lowest BCUT2D eigenvalue weighted by Crippen LogP contribution is -2.14. The van der Waals surface area contributed by atoms with Crippen LogP contribution in [0.25, 0.3) is 0 Å². The molecule has 2 rings (SSSR count). The molecule has 0 saturated carbocycles. The van der Waals surface area contributed by atoms with E-state index in [1.807, 2.05) is 18.2 Å². The van der Waals surface area contributed by atoms with Crippen molar-refractivity contribution in [1.29, 1.82) is 0 Å². The molecule has 0 N–H and O–H groups in total. The molecular formula is C30H41ClO4. The van der Waals surface area contributed by atoms with Crippen molar-refractivity contribution in [3.05, 3.63) is 66.7 Å². The normalized spacial score (nSPS) is 11.8. The summed E-state index contributed by atoms with van der Waals surface area (Å²) in [6, 6.07) is 14.1. The molecule has 1 atom stereocenters. The maximum Gasteiger partial charge on any atom is 0.343 e. The van der Waals surface area contributed by atoms with Crippen LogP contribution in [-0.2, 0) is 0 Å². The van der Waals surface area contributed by atoms with Gasteiger partial charge in [0.1, 0.15) is 23.9 Å². The molecule has 0 aliphatic rings. The Morgan fingerprint density at radius 3 is 2.00 bits per heavy atom. The Labute approximate surface area is 216 Å². The molecule has 0 heterocycles. The van der Waals surface area contributed by atoms with Gasteiger partial charge in [-0.25, -0.2) is 4.79 Å². The molecule has 2 aromatic carbocycles. The van der Waals surface area contributed by atoms with Crippen LogP contribution in [0.2, 0.25) is 0 Å². The molecule has 0 bridgehead atoms. The Balaban J connectivity index is 1.65. The van der Waals surface area contributed by atoms with Gasteiger partial charge < -0.3 is 14.2 Å². The van der Waals surface area contributed by atoms with Gasteiger partial charge in [0.25, 0.3) is 0 Å². The summed E-state index contributed by atoms with van der Waals surface area (Å²) in [5, 5.41) is -0.0260. The quantitative estimate of drug-likeness (QED) is 0.0675. The zero-order valence-corrected chi connectivity index (χ0v) is 22.1. The van der Waals surface area contributed by atoms with Gasteiger partial charge in [-0.15, -0.1) is 18.2 Å². The molecule has 0 radical (unpaired) electrons. The van der Waals surface area contributed by atoms with E-state index in [4.69, 9.17) is 25.8 Å². The fourth-order valence-corrected chi connectivity index (χ4v) is 4.11. The van der Waals surface area contributed by atoms with Crippen molar-refractivity contribution in [2.24, 2.45) is 5.92 Å². The van der Waals surface area contributed by atoms with Gasteiger partial charge in [-0.05, 0) is 80.1 Å². The first kappa shape index (κ1) is 28.8. The predicted molar refractivity (Wildman–Crippen MR) is 145 cm³/mol. The molecule has 192 valence electrons. The van der Waals surface area contributed by atoms with Gasteiger partial charge in [-0.1, -0.05) is 52.0 Å². The Kier molecular flexibility index (Phi) is 14.0. The summed E-state index contributed by atoms with van der Waals surface area (Å²) < 4.78 is 17.0. The number of carbonyl (C=O) groups excluding carboxylic acids is 1. The molecular weight excluding hydrogens is 460 g/mol. The van der Waals surface area contributed by atoms with Crippen LogP contribution in [0.5, 0.6) is 17.2 Å². The van der Waals surface area contributed by atoms with Crippen molar-refractivity contribution in [3.63, 3.8) is 0 Å². The summed E-state index contributed by atoms with van der Waals surface area (Å²) >= 11 is 6.27. The van der Waals surface area contributed by atoms with E-state index in [9.17, 15) is 4.79 Å². The molecule has 0 spiro atoms. The third kappa shape index (κ3) is 12.7. The minimum atomic E-state index is -0.406. The molecule has 1 unspecified atom stereocenters. The van der Waals surface area contributed by atoms with E-state index in [-0.39, 0.29) is 5.38 Å². The number of esters is 1. The Bertz CT molecular complexity index is 846. The zero-order chi connectivity index (χ0) is 25.3. The van der Waals surface area contributed by atoms with E-state index in [1.165, 1.54) is 38.5 Å². The van der Waals surface area contributed by atoms with Gasteiger partial charge in [0.2, 0.25) is 0 Å². The fraction of sp³-hybridized carbons (Fsp3) is 0.500. The number of alkyl halides is 1. The Morgan fingerprint density at radius 2 is 1.37 bits per heavy atom. The minimum Gasteiger partial charge on any atom is -0.494 e. The second kappa shape index (κ2) is 17.0. The van der Waals surface area contributed by atoms with Crippen molar-refractivity contribution >= 4 is 17.6 Å². The van der Waals surface area contributed by atoms with E-state index in [0.29, 0.717) is 36.2 Å². The minimum absolute atomic E-state index is 0.0260. The van der Waals surface area contributed by atoms with Crippen LogP contribution in [0.4, 0.5) is 0 Å². The Hall–Kier alpha value is -2.46. The van der Waals surface area contributed by atoms with Crippen LogP contribution in [0.15, 0.2) is 61.2 Å². The van der Waals surface area contributed by atoms with Crippen LogP contribution in [0.1, 0.15) is 82.0 Å². The molecule has 2 aromatic rings. The maximum absolute atomic E-state index is 12.5. The van der Waals surface area contributed by atoms with Crippen LogP contribution in [0.3, 0.4) is 0 Å². The van der Waals surface area contributed by atoms with E-state index >= 15 is 0 Å². The van der Waals surface area contributed by atoms with Crippen molar-refractivity contribution in [2.75, 3.05) is 13.2 Å². The van der Waals surface area contributed by atoms with Gasteiger partial charge in [0.05, 0.1) is 17.5 Å². The number of unbranched alkanes of at least 4 members (excludes halogenated alkanes) is 7. The molecule has 4 nitrogen and oxygen atoms in total. The molecule has 0 aliphatic heterocycles. The maximum atomic E-state index is 12.5. The number of hydrogen-bond acceptors (Lipinski definition) is 4. The third-order valence-electron chi connectivity index (χ3n) is 5.60. The largest absolute Gasteiger partial charge is 0.494 e. The highest BCUT2D eigenvalue weighted by Gasteiger charge is 2.11. The predicted octanol–water partition coefficient (Wildman–Crippen LogP) is 8.62. The lowest BCUT2D eigenvalue weighted by molar-refractivity contribution is 0.0734. The monoisotopic (exact) mass is 500 g/mol. The first-order chi connectivity index (χ1) is 17.0. The number of benzene rings is 2. The van der Waals surface area contributed by atoms with Crippen molar-refractivity contribution in [3.8, 4) is 17.2 Å². The zero-order valence-electron chi connectivity index (χ0n) is 21.3. The number of halogens is 1. The summed E-state index contributed by atoms with van der Waals surface area (Å²) in [6.45, 7) is 9.17. The number of ether oxygens (including phenoxy) is 3. The Morgan fingerprint density at radius 1 is 0.829 bits per heavy atom.